The van der Waals surface area contributed by atoms with E-state index in [2.05, 4.69) is 28.2 Å². The van der Waals surface area contributed by atoms with Gasteiger partial charge in [-0.05, 0) is 65.7 Å². The van der Waals surface area contributed by atoms with Gasteiger partial charge >= 0.3 is 0 Å². The number of amides is 1. The van der Waals surface area contributed by atoms with Crippen LogP contribution in [0, 0.1) is 6.92 Å². The summed E-state index contributed by atoms with van der Waals surface area (Å²) in [6.45, 7) is 4.28. The van der Waals surface area contributed by atoms with E-state index in [-0.39, 0.29) is 11.9 Å². The predicted molar refractivity (Wildman–Crippen MR) is 101 cm³/mol. The first-order chi connectivity index (χ1) is 11.4. The molecular formula is C18H21BrClN2O2+. The smallest absolute Gasteiger partial charge is 0.279 e. The third kappa shape index (κ3) is 4.72. The number of rotatable bonds is 6. The van der Waals surface area contributed by atoms with E-state index in [1.54, 1.807) is 7.11 Å². The molecule has 0 fully saturated rings. The number of quaternary nitrogens is 1. The second-order valence-electron chi connectivity index (χ2n) is 5.58. The van der Waals surface area contributed by atoms with Crippen molar-refractivity contribution in [3.05, 3.63) is 57.0 Å². The van der Waals surface area contributed by atoms with Gasteiger partial charge in [0.25, 0.3) is 5.91 Å². The minimum atomic E-state index is -0.0557. The average Bonchev–Trinajstić information content (AvgIpc) is 2.56. The molecular weight excluding hydrogens is 392 g/mol. The van der Waals surface area contributed by atoms with Crippen LogP contribution >= 0.6 is 27.5 Å². The highest BCUT2D eigenvalue weighted by atomic mass is 79.9. The SMILES string of the molecule is COc1ccc([C@@H](C)[NH2+]CC(=O)Nc2cccc(Cl)c2C)cc1Br. The second-order valence-corrected chi connectivity index (χ2v) is 6.84. The average molecular weight is 413 g/mol. The molecule has 0 heterocycles. The standard InChI is InChI=1S/C18H20BrClN2O2/c1-11-15(20)5-4-6-16(11)22-18(23)10-21-12(2)13-7-8-17(24-3)14(19)9-13/h4-9,12,21H,10H2,1-3H3,(H,22,23)/p+1/t12-/m1/s1. The van der Waals surface area contributed by atoms with E-state index in [1.165, 1.54) is 0 Å². The normalized spacial score (nSPS) is 11.9. The highest BCUT2D eigenvalue weighted by Crippen LogP contribution is 2.27. The summed E-state index contributed by atoms with van der Waals surface area (Å²) in [6, 6.07) is 11.6. The Balaban J connectivity index is 1.93. The van der Waals surface area contributed by atoms with E-state index < -0.39 is 0 Å². The Morgan fingerprint density at radius 2 is 2.12 bits per heavy atom. The molecule has 0 aliphatic rings. The zero-order valence-corrected chi connectivity index (χ0v) is 16.2. The van der Waals surface area contributed by atoms with Crippen LogP contribution in [0.4, 0.5) is 5.69 Å². The zero-order valence-electron chi connectivity index (χ0n) is 13.9. The molecule has 0 aliphatic heterocycles. The van der Waals surface area contributed by atoms with Crippen molar-refractivity contribution in [2.45, 2.75) is 19.9 Å². The van der Waals surface area contributed by atoms with Crippen molar-refractivity contribution in [3.63, 3.8) is 0 Å². The maximum Gasteiger partial charge on any atom is 0.279 e. The Bertz CT molecular complexity index is 737. The summed E-state index contributed by atoms with van der Waals surface area (Å²) < 4.78 is 6.14. The molecule has 2 rings (SSSR count). The summed E-state index contributed by atoms with van der Waals surface area (Å²) in [6.07, 6.45) is 0. The van der Waals surface area contributed by atoms with E-state index >= 15 is 0 Å². The maximum absolute atomic E-state index is 12.2. The van der Waals surface area contributed by atoms with Crippen LogP contribution in [-0.4, -0.2) is 19.6 Å². The third-order valence-corrected chi connectivity index (χ3v) is 4.93. The molecule has 0 aliphatic carbocycles. The molecule has 3 N–H and O–H groups in total. The Kier molecular flexibility index (Phi) is 6.66. The van der Waals surface area contributed by atoms with Crippen LogP contribution in [0.25, 0.3) is 0 Å². The van der Waals surface area contributed by atoms with E-state index in [0.717, 1.165) is 27.0 Å². The maximum atomic E-state index is 12.2. The van der Waals surface area contributed by atoms with Crippen molar-refractivity contribution in [2.24, 2.45) is 0 Å². The van der Waals surface area contributed by atoms with E-state index in [4.69, 9.17) is 16.3 Å². The number of ether oxygens (including phenoxy) is 1. The molecule has 4 nitrogen and oxygen atoms in total. The lowest BCUT2D eigenvalue weighted by Crippen LogP contribution is -2.86. The summed E-state index contributed by atoms with van der Waals surface area (Å²) in [4.78, 5) is 12.2. The van der Waals surface area contributed by atoms with E-state index in [0.29, 0.717) is 11.6 Å². The van der Waals surface area contributed by atoms with E-state index in [1.807, 2.05) is 48.6 Å². The Morgan fingerprint density at radius 3 is 2.79 bits per heavy atom. The van der Waals surface area contributed by atoms with E-state index in [9.17, 15) is 4.79 Å². The lowest BCUT2D eigenvalue weighted by Gasteiger charge is -2.13. The number of anilines is 1. The van der Waals surface area contributed by atoms with Crippen molar-refractivity contribution in [3.8, 4) is 5.75 Å². The van der Waals surface area contributed by atoms with Gasteiger partial charge in [0.15, 0.2) is 6.54 Å². The quantitative estimate of drug-likeness (QED) is 0.760. The minimum Gasteiger partial charge on any atom is -0.496 e. The number of halogens is 2. The molecule has 2 aromatic carbocycles. The monoisotopic (exact) mass is 411 g/mol. The van der Waals surface area contributed by atoms with Crippen LogP contribution < -0.4 is 15.4 Å². The lowest BCUT2D eigenvalue weighted by atomic mass is 10.1. The van der Waals surface area contributed by atoms with Crippen LogP contribution in [-0.2, 0) is 4.79 Å². The zero-order chi connectivity index (χ0) is 17.7. The van der Waals surface area contributed by atoms with Crippen LogP contribution in [0.1, 0.15) is 24.1 Å². The second kappa shape index (κ2) is 8.51. The van der Waals surface area contributed by atoms with Crippen LogP contribution in [0.15, 0.2) is 40.9 Å². The number of carbonyl (C=O) groups is 1. The van der Waals surface area contributed by atoms with Gasteiger partial charge in [-0.2, -0.15) is 0 Å². The highest BCUT2D eigenvalue weighted by Gasteiger charge is 2.14. The van der Waals surface area contributed by atoms with Gasteiger partial charge in [0, 0.05) is 16.3 Å². The minimum absolute atomic E-state index is 0.0557. The summed E-state index contributed by atoms with van der Waals surface area (Å²) in [5.41, 5.74) is 2.75. The Labute approximate surface area is 155 Å². The number of methoxy groups -OCH3 is 1. The van der Waals surface area contributed by atoms with Crippen molar-refractivity contribution in [1.29, 1.82) is 0 Å². The number of hydrogen-bond acceptors (Lipinski definition) is 2. The molecule has 0 unspecified atom stereocenters. The predicted octanol–water partition coefficient (Wildman–Crippen LogP) is 3.68. The number of carbonyl (C=O) groups excluding carboxylic acids is 1. The fraction of sp³-hybridized carbons (Fsp3) is 0.278. The Morgan fingerprint density at radius 1 is 1.38 bits per heavy atom. The van der Waals surface area contributed by atoms with Gasteiger partial charge in [-0.25, -0.2) is 0 Å². The van der Waals surface area contributed by atoms with Gasteiger partial charge in [0.1, 0.15) is 11.8 Å². The van der Waals surface area contributed by atoms with Crippen molar-refractivity contribution >= 4 is 39.1 Å². The molecule has 2 aromatic rings. The van der Waals surface area contributed by atoms with Crippen LogP contribution in [0.2, 0.25) is 5.02 Å². The van der Waals surface area contributed by atoms with Gasteiger partial charge in [-0.15, -0.1) is 0 Å². The molecule has 128 valence electrons. The third-order valence-electron chi connectivity index (χ3n) is 3.90. The summed E-state index contributed by atoms with van der Waals surface area (Å²) in [7, 11) is 1.64. The number of benzene rings is 2. The number of nitrogens with one attached hydrogen (secondary N) is 1. The lowest BCUT2D eigenvalue weighted by molar-refractivity contribution is -0.682. The van der Waals surface area contributed by atoms with Crippen molar-refractivity contribution in [1.82, 2.24) is 0 Å². The summed E-state index contributed by atoms with van der Waals surface area (Å²) in [5.74, 6) is 0.736. The topological polar surface area (TPSA) is 54.9 Å². The molecule has 0 bridgehead atoms. The molecule has 0 radical (unpaired) electrons. The summed E-state index contributed by atoms with van der Waals surface area (Å²) >= 11 is 9.55. The number of nitrogens with two attached hydrogens (primary N) is 1. The molecule has 0 saturated heterocycles. The largest absolute Gasteiger partial charge is 0.496 e. The molecule has 1 atom stereocenters. The van der Waals surface area contributed by atoms with Crippen LogP contribution in [0.5, 0.6) is 5.75 Å². The first-order valence-corrected chi connectivity index (χ1v) is 8.81. The molecule has 24 heavy (non-hydrogen) atoms. The molecule has 1 amide bonds. The molecule has 6 heteroatoms. The fourth-order valence-electron chi connectivity index (χ4n) is 2.33. The van der Waals surface area contributed by atoms with Gasteiger partial charge in [0.2, 0.25) is 0 Å². The van der Waals surface area contributed by atoms with Gasteiger partial charge in [-0.3, -0.25) is 4.79 Å². The van der Waals surface area contributed by atoms with Gasteiger partial charge in [-0.1, -0.05) is 17.7 Å². The molecule has 0 saturated carbocycles. The summed E-state index contributed by atoms with van der Waals surface area (Å²) in [5, 5.41) is 5.54. The molecule has 0 spiro atoms. The van der Waals surface area contributed by atoms with Gasteiger partial charge < -0.3 is 15.4 Å². The van der Waals surface area contributed by atoms with Crippen molar-refractivity contribution < 1.29 is 14.8 Å². The first kappa shape index (κ1) is 18.8. The van der Waals surface area contributed by atoms with Crippen LogP contribution in [0.3, 0.4) is 0 Å². The number of hydrogen-bond donors (Lipinski definition) is 2. The molecule has 0 aromatic heterocycles. The van der Waals surface area contributed by atoms with Crippen molar-refractivity contribution in [2.75, 3.05) is 19.0 Å². The highest BCUT2D eigenvalue weighted by molar-refractivity contribution is 9.10. The fourth-order valence-corrected chi connectivity index (χ4v) is 3.06. The Hall–Kier alpha value is -1.56. The first-order valence-electron chi connectivity index (χ1n) is 7.64. The van der Waals surface area contributed by atoms with Gasteiger partial charge in [0.05, 0.1) is 11.6 Å².